The van der Waals surface area contributed by atoms with Crippen molar-refractivity contribution < 1.29 is 0 Å². The van der Waals surface area contributed by atoms with Gasteiger partial charge in [0.05, 0.1) is 0 Å². The molecule has 0 fully saturated rings. The van der Waals surface area contributed by atoms with Crippen molar-refractivity contribution in [3.05, 3.63) is 23.8 Å². The van der Waals surface area contributed by atoms with Crippen molar-refractivity contribution in [2.75, 3.05) is 6.16 Å². The molecule has 0 bridgehead atoms. The first-order valence-corrected chi connectivity index (χ1v) is 8.76. The molecule has 0 unspecified atom stereocenters. The van der Waals surface area contributed by atoms with Gasteiger partial charge in [0.15, 0.2) is 0 Å². The van der Waals surface area contributed by atoms with Gasteiger partial charge in [-0.15, -0.1) is 7.92 Å². The van der Waals surface area contributed by atoms with E-state index in [9.17, 15) is 0 Å². The lowest BCUT2D eigenvalue weighted by atomic mass is 10.1. The summed E-state index contributed by atoms with van der Waals surface area (Å²) in [5.41, 5.74) is 3.26. The van der Waals surface area contributed by atoms with Gasteiger partial charge in [-0.25, -0.2) is 0 Å². The van der Waals surface area contributed by atoms with Crippen LogP contribution in [0.1, 0.15) is 60.8 Å². The molecule has 17 heavy (non-hydrogen) atoms. The Kier molecular flexibility index (Phi) is 9.84. The molecule has 0 atom stereocenters. The van der Waals surface area contributed by atoms with E-state index >= 15 is 0 Å². The maximum absolute atomic E-state index is 2.42. The topological polar surface area (TPSA) is 0 Å². The van der Waals surface area contributed by atoms with E-state index in [0.717, 1.165) is 17.7 Å². The number of allylic oxidation sites excluding steroid dienone is 4. The van der Waals surface area contributed by atoms with Gasteiger partial charge in [0.2, 0.25) is 0 Å². The highest BCUT2D eigenvalue weighted by atomic mass is 31.1. The van der Waals surface area contributed by atoms with Crippen LogP contribution in [0.5, 0.6) is 0 Å². The molecular formula is C16H31P. The van der Waals surface area contributed by atoms with Crippen molar-refractivity contribution in [1.29, 1.82) is 0 Å². The van der Waals surface area contributed by atoms with Gasteiger partial charge in [-0.3, -0.25) is 0 Å². The summed E-state index contributed by atoms with van der Waals surface area (Å²) in [5, 5.41) is 0. The van der Waals surface area contributed by atoms with Crippen LogP contribution in [0.25, 0.3) is 0 Å². The van der Waals surface area contributed by atoms with Crippen LogP contribution >= 0.6 is 7.92 Å². The Morgan fingerprint density at radius 3 is 2.12 bits per heavy atom. The SMILES string of the molecule is C/C=C\C(=C/CCCP(C(C)C)C(C)C)CC. The monoisotopic (exact) mass is 254 g/mol. The number of hydrogen-bond acceptors (Lipinski definition) is 0. The smallest absolute Gasteiger partial charge is 0.0264 e. The lowest BCUT2D eigenvalue weighted by molar-refractivity contribution is 0.915. The van der Waals surface area contributed by atoms with Crippen molar-refractivity contribution in [1.82, 2.24) is 0 Å². The quantitative estimate of drug-likeness (QED) is 0.284. The van der Waals surface area contributed by atoms with Crippen LogP contribution in [0.2, 0.25) is 0 Å². The van der Waals surface area contributed by atoms with Crippen LogP contribution in [-0.4, -0.2) is 17.5 Å². The standard InChI is InChI=1S/C16H31P/c1-7-11-16(8-2)12-9-10-13-17(14(3)4)15(5)6/h7,11-12,14-15H,8-10,13H2,1-6H3/b11-7-,16-12-. The maximum Gasteiger partial charge on any atom is -0.0264 e. The molecule has 0 radical (unpaired) electrons. The largest absolute Gasteiger partial charge is 0.101 e. The average molecular weight is 254 g/mol. The highest BCUT2D eigenvalue weighted by Gasteiger charge is 2.15. The van der Waals surface area contributed by atoms with Gasteiger partial charge in [-0.2, -0.15) is 0 Å². The van der Waals surface area contributed by atoms with E-state index in [1.54, 1.807) is 0 Å². The molecule has 0 aromatic carbocycles. The Labute approximate surface area is 110 Å². The van der Waals surface area contributed by atoms with Crippen molar-refractivity contribution in [2.45, 2.75) is 72.1 Å². The molecule has 0 amide bonds. The minimum atomic E-state index is 0.231. The van der Waals surface area contributed by atoms with E-state index < -0.39 is 0 Å². The molecule has 0 aliphatic rings. The van der Waals surface area contributed by atoms with E-state index in [1.807, 2.05) is 0 Å². The van der Waals surface area contributed by atoms with Crippen molar-refractivity contribution in [3.8, 4) is 0 Å². The predicted octanol–water partition coefficient (Wildman–Crippen LogP) is 5.98. The Bertz CT molecular complexity index is 228. The number of rotatable bonds is 8. The van der Waals surface area contributed by atoms with Gasteiger partial charge < -0.3 is 0 Å². The summed E-state index contributed by atoms with van der Waals surface area (Å²) in [6.07, 6.45) is 12.0. The third-order valence-electron chi connectivity index (χ3n) is 3.14. The van der Waals surface area contributed by atoms with E-state index in [2.05, 4.69) is 59.8 Å². The first kappa shape index (κ1) is 16.9. The van der Waals surface area contributed by atoms with Gasteiger partial charge in [-0.05, 0) is 43.7 Å². The summed E-state index contributed by atoms with van der Waals surface area (Å²) in [6.45, 7) is 13.9. The zero-order valence-corrected chi connectivity index (χ0v) is 13.6. The van der Waals surface area contributed by atoms with E-state index in [1.165, 1.54) is 24.6 Å². The Morgan fingerprint density at radius 1 is 1.12 bits per heavy atom. The summed E-state index contributed by atoms with van der Waals surface area (Å²) in [7, 11) is 0.231. The van der Waals surface area contributed by atoms with E-state index in [4.69, 9.17) is 0 Å². The molecular weight excluding hydrogens is 223 g/mol. The fourth-order valence-electron chi connectivity index (χ4n) is 2.22. The van der Waals surface area contributed by atoms with Crippen LogP contribution in [-0.2, 0) is 0 Å². The third-order valence-corrected chi connectivity index (χ3v) is 6.63. The summed E-state index contributed by atoms with van der Waals surface area (Å²) in [4.78, 5) is 0. The lowest BCUT2D eigenvalue weighted by Gasteiger charge is -2.25. The van der Waals surface area contributed by atoms with Crippen LogP contribution < -0.4 is 0 Å². The van der Waals surface area contributed by atoms with Crippen LogP contribution in [0.3, 0.4) is 0 Å². The van der Waals surface area contributed by atoms with Crippen molar-refractivity contribution >= 4 is 7.92 Å². The van der Waals surface area contributed by atoms with Gasteiger partial charge >= 0.3 is 0 Å². The van der Waals surface area contributed by atoms with Crippen LogP contribution in [0.15, 0.2) is 23.8 Å². The predicted molar refractivity (Wildman–Crippen MR) is 84.5 cm³/mol. The van der Waals surface area contributed by atoms with Crippen molar-refractivity contribution in [3.63, 3.8) is 0 Å². The minimum absolute atomic E-state index is 0.231. The third kappa shape index (κ3) is 7.77. The Hall–Kier alpha value is -0.0900. The van der Waals surface area contributed by atoms with Gasteiger partial charge in [-0.1, -0.05) is 58.4 Å². The van der Waals surface area contributed by atoms with Crippen LogP contribution in [0, 0.1) is 0 Å². The summed E-state index contributed by atoms with van der Waals surface area (Å²) >= 11 is 0. The minimum Gasteiger partial charge on any atom is -0.101 e. The molecule has 0 nitrogen and oxygen atoms in total. The van der Waals surface area contributed by atoms with Gasteiger partial charge in [0.1, 0.15) is 0 Å². The fraction of sp³-hybridized carbons (Fsp3) is 0.750. The maximum atomic E-state index is 2.42. The molecule has 0 aliphatic carbocycles. The van der Waals surface area contributed by atoms with Gasteiger partial charge in [0.25, 0.3) is 0 Å². The first-order valence-electron chi connectivity index (χ1n) is 7.10. The molecule has 0 aromatic heterocycles. The molecule has 0 saturated carbocycles. The Morgan fingerprint density at radius 2 is 1.71 bits per heavy atom. The first-order chi connectivity index (χ1) is 8.02. The summed E-state index contributed by atoms with van der Waals surface area (Å²) in [6, 6.07) is 0. The second-order valence-corrected chi connectivity index (χ2v) is 8.74. The fourth-order valence-corrected chi connectivity index (χ4v) is 4.99. The highest BCUT2D eigenvalue weighted by molar-refractivity contribution is 7.59. The Balaban J connectivity index is 4.04. The normalized spacial score (nSPS) is 13.6. The molecule has 0 heterocycles. The van der Waals surface area contributed by atoms with Gasteiger partial charge in [0, 0.05) is 0 Å². The molecule has 0 spiro atoms. The second-order valence-electron chi connectivity index (χ2n) is 5.20. The zero-order chi connectivity index (χ0) is 13.3. The zero-order valence-electron chi connectivity index (χ0n) is 12.7. The molecule has 0 saturated heterocycles. The number of hydrogen-bond donors (Lipinski definition) is 0. The highest BCUT2D eigenvalue weighted by Crippen LogP contribution is 2.46. The molecule has 0 aromatic rings. The summed E-state index contributed by atoms with van der Waals surface area (Å²) in [5.74, 6) is 0. The van der Waals surface area contributed by atoms with Crippen molar-refractivity contribution in [2.24, 2.45) is 0 Å². The molecule has 100 valence electrons. The van der Waals surface area contributed by atoms with Crippen LogP contribution in [0.4, 0.5) is 0 Å². The molecule has 0 rings (SSSR count). The number of unbranched alkanes of at least 4 members (excludes halogenated alkanes) is 1. The molecule has 1 heteroatoms. The average Bonchev–Trinajstić information content (AvgIpc) is 2.26. The molecule has 0 aliphatic heterocycles. The molecule has 0 N–H and O–H groups in total. The summed E-state index contributed by atoms with van der Waals surface area (Å²) < 4.78 is 0. The lowest BCUT2D eigenvalue weighted by Crippen LogP contribution is -2.06. The van der Waals surface area contributed by atoms with E-state index in [0.29, 0.717) is 0 Å². The van der Waals surface area contributed by atoms with E-state index in [-0.39, 0.29) is 7.92 Å². The second kappa shape index (κ2) is 9.89.